The van der Waals surface area contributed by atoms with Crippen molar-refractivity contribution in [1.82, 2.24) is 5.32 Å². The Morgan fingerprint density at radius 2 is 2.04 bits per heavy atom. The topological polar surface area (TPSA) is 69.6 Å². The molecule has 0 aromatic heterocycles. The minimum absolute atomic E-state index is 0.0716. The van der Waals surface area contributed by atoms with Crippen molar-refractivity contribution in [2.24, 2.45) is 0 Å². The molecule has 3 unspecified atom stereocenters. The number of nitrogens with one attached hydrogen (secondary N) is 1. The molecule has 3 N–H and O–H groups in total. The van der Waals surface area contributed by atoms with Crippen molar-refractivity contribution >= 4 is 5.97 Å². The third-order valence-corrected chi connectivity index (χ3v) is 4.48. The highest BCUT2D eigenvalue weighted by molar-refractivity contribution is 5.87. The Balaban J connectivity index is 1.94. The quantitative estimate of drug-likeness (QED) is 0.671. The largest absolute Gasteiger partial charge is 0.478 e. The Kier molecular flexibility index (Phi) is 6.76. The molecule has 0 bridgehead atoms. The number of rotatable bonds is 7. The van der Waals surface area contributed by atoms with Crippen LogP contribution in [0.1, 0.15) is 49.0 Å². The fourth-order valence-corrected chi connectivity index (χ4v) is 3.28. The first-order valence-electron chi connectivity index (χ1n) is 8.64. The summed E-state index contributed by atoms with van der Waals surface area (Å²) in [7, 11) is 0. The zero-order valence-corrected chi connectivity index (χ0v) is 14.4. The fraction of sp³-hybridized carbons (Fsp3) is 0.450. The van der Waals surface area contributed by atoms with Crippen molar-refractivity contribution < 1.29 is 15.0 Å². The van der Waals surface area contributed by atoms with E-state index in [2.05, 4.69) is 18.3 Å². The number of carbonyl (C=O) groups is 1. The van der Waals surface area contributed by atoms with E-state index in [-0.39, 0.29) is 6.04 Å². The Morgan fingerprint density at radius 1 is 1.33 bits per heavy atom. The summed E-state index contributed by atoms with van der Waals surface area (Å²) in [6, 6.07) is 7.42. The van der Waals surface area contributed by atoms with Gasteiger partial charge in [0.15, 0.2) is 0 Å². The maximum atomic E-state index is 10.9. The molecule has 1 aliphatic heterocycles. The zero-order chi connectivity index (χ0) is 17.5. The third-order valence-electron chi connectivity index (χ3n) is 4.48. The summed E-state index contributed by atoms with van der Waals surface area (Å²) >= 11 is 0. The molecule has 0 aliphatic carbocycles. The number of hydrogen-bond acceptors (Lipinski definition) is 3. The van der Waals surface area contributed by atoms with Gasteiger partial charge in [0.1, 0.15) is 0 Å². The molecule has 1 aromatic carbocycles. The van der Waals surface area contributed by atoms with Crippen LogP contribution < -0.4 is 5.32 Å². The summed E-state index contributed by atoms with van der Waals surface area (Å²) in [5, 5.41) is 23.1. The standard InChI is InChI=1S/C20H27NO3/c1-3-5-15(6-4-2)19(22)18-12-11-17(21-18)13-14-7-9-16(10-8-14)20(23)24/h3,5-10,17-19,21-22H,4,11-13H2,1-2H3,(H,23,24). The van der Waals surface area contributed by atoms with Crippen molar-refractivity contribution in [1.29, 1.82) is 0 Å². The molecule has 1 aromatic rings. The molecular formula is C20H27NO3. The van der Waals surface area contributed by atoms with Crippen LogP contribution in [0.15, 0.2) is 48.1 Å². The second-order valence-corrected chi connectivity index (χ2v) is 6.31. The van der Waals surface area contributed by atoms with Crippen molar-refractivity contribution in [3.8, 4) is 0 Å². The molecule has 1 heterocycles. The number of benzene rings is 1. The van der Waals surface area contributed by atoms with Crippen LogP contribution in [0.2, 0.25) is 0 Å². The van der Waals surface area contributed by atoms with Gasteiger partial charge in [0.2, 0.25) is 0 Å². The molecule has 0 amide bonds. The number of hydrogen-bond donors (Lipinski definition) is 3. The maximum Gasteiger partial charge on any atom is 0.335 e. The van der Waals surface area contributed by atoms with Crippen LogP contribution in [0, 0.1) is 0 Å². The minimum atomic E-state index is -0.900. The fourth-order valence-electron chi connectivity index (χ4n) is 3.28. The minimum Gasteiger partial charge on any atom is -0.478 e. The summed E-state index contributed by atoms with van der Waals surface area (Å²) in [6.45, 7) is 4.03. The van der Waals surface area contributed by atoms with E-state index >= 15 is 0 Å². The van der Waals surface area contributed by atoms with Gasteiger partial charge in [-0.3, -0.25) is 0 Å². The first kappa shape index (κ1) is 18.4. The molecule has 24 heavy (non-hydrogen) atoms. The summed E-state index contributed by atoms with van der Waals surface area (Å²) in [6.07, 6.45) is 9.23. The van der Waals surface area contributed by atoms with E-state index in [1.165, 1.54) is 0 Å². The first-order valence-corrected chi connectivity index (χ1v) is 8.64. The summed E-state index contributed by atoms with van der Waals surface area (Å²) in [4.78, 5) is 10.9. The number of carboxylic acids is 1. The van der Waals surface area contributed by atoms with Crippen molar-refractivity contribution in [3.63, 3.8) is 0 Å². The normalized spacial score (nSPS) is 22.9. The number of aliphatic hydroxyl groups excluding tert-OH is 1. The Hall–Kier alpha value is -1.91. The van der Waals surface area contributed by atoms with Crippen LogP contribution in [0.3, 0.4) is 0 Å². The lowest BCUT2D eigenvalue weighted by Crippen LogP contribution is -2.39. The van der Waals surface area contributed by atoms with Crippen LogP contribution in [-0.2, 0) is 6.42 Å². The zero-order valence-electron chi connectivity index (χ0n) is 14.4. The van der Waals surface area contributed by atoms with Gasteiger partial charge in [-0.15, -0.1) is 0 Å². The van der Waals surface area contributed by atoms with Crippen molar-refractivity contribution in [3.05, 3.63) is 59.2 Å². The second-order valence-electron chi connectivity index (χ2n) is 6.31. The average Bonchev–Trinajstić information content (AvgIpc) is 3.03. The summed E-state index contributed by atoms with van der Waals surface area (Å²) in [5.41, 5.74) is 2.40. The molecule has 4 heteroatoms. The van der Waals surface area contributed by atoms with Gasteiger partial charge < -0.3 is 15.5 Å². The van der Waals surface area contributed by atoms with Gasteiger partial charge in [-0.05, 0) is 55.9 Å². The molecule has 4 nitrogen and oxygen atoms in total. The number of allylic oxidation sites excluding steroid dienone is 2. The highest BCUT2D eigenvalue weighted by Crippen LogP contribution is 2.23. The van der Waals surface area contributed by atoms with Gasteiger partial charge in [-0.25, -0.2) is 4.79 Å². The van der Waals surface area contributed by atoms with Gasteiger partial charge in [0.05, 0.1) is 11.7 Å². The number of carboxylic acid groups (broad SMARTS) is 1. The predicted octanol–water partition coefficient (Wildman–Crippen LogP) is 3.32. The molecule has 1 fully saturated rings. The highest BCUT2D eigenvalue weighted by Gasteiger charge is 2.30. The summed E-state index contributed by atoms with van der Waals surface area (Å²) < 4.78 is 0. The van der Waals surface area contributed by atoms with E-state index in [1.807, 2.05) is 31.2 Å². The predicted molar refractivity (Wildman–Crippen MR) is 96.2 cm³/mol. The number of aliphatic hydroxyl groups is 1. The monoisotopic (exact) mass is 329 g/mol. The van der Waals surface area contributed by atoms with E-state index in [0.717, 1.165) is 36.8 Å². The molecule has 2 rings (SSSR count). The van der Waals surface area contributed by atoms with E-state index in [4.69, 9.17) is 5.11 Å². The molecule has 130 valence electrons. The van der Waals surface area contributed by atoms with Crippen molar-refractivity contribution in [2.45, 2.75) is 57.7 Å². The first-order chi connectivity index (χ1) is 11.5. The Bertz CT molecular complexity index is 604. The lowest BCUT2D eigenvalue weighted by atomic mass is 9.99. The van der Waals surface area contributed by atoms with Gasteiger partial charge in [-0.1, -0.05) is 37.3 Å². The average molecular weight is 329 g/mol. The molecule has 3 atom stereocenters. The van der Waals surface area contributed by atoms with Crippen LogP contribution in [0.5, 0.6) is 0 Å². The Labute approximate surface area is 143 Å². The maximum absolute atomic E-state index is 10.9. The summed E-state index contributed by atoms with van der Waals surface area (Å²) in [5.74, 6) is -0.900. The smallest absolute Gasteiger partial charge is 0.335 e. The SMILES string of the molecule is CC=CC(=CCC)C(O)C1CCC(Cc2ccc(C(=O)O)cc2)N1. The third kappa shape index (κ3) is 4.79. The second kappa shape index (κ2) is 8.81. The van der Waals surface area contributed by atoms with Crippen molar-refractivity contribution in [2.75, 3.05) is 0 Å². The molecule has 1 saturated heterocycles. The molecule has 0 spiro atoms. The molecule has 1 aliphatic rings. The lowest BCUT2D eigenvalue weighted by molar-refractivity contribution is 0.0697. The highest BCUT2D eigenvalue weighted by atomic mass is 16.4. The van der Waals surface area contributed by atoms with Gasteiger partial charge in [0.25, 0.3) is 0 Å². The van der Waals surface area contributed by atoms with E-state index in [0.29, 0.717) is 11.6 Å². The van der Waals surface area contributed by atoms with Crippen LogP contribution in [0.4, 0.5) is 0 Å². The van der Waals surface area contributed by atoms with E-state index < -0.39 is 12.1 Å². The Morgan fingerprint density at radius 3 is 2.62 bits per heavy atom. The number of aromatic carboxylic acids is 1. The van der Waals surface area contributed by atoms with E-state index in [1.54, 1.807) is 12.1 Å². The van der Waals surface area contributed by atoms with Gasteiger partial charge >= 0.3 is 5.97 Å². The van der Waals surface area contributed by atoms with Gasteiger partial charge in [-0.2, -0.15) is 0 Å². The van der Waals surface area contributed by atoms with Gasteiger partial charge in [0, 0.05) is 12.1 Å². The van der Waals surface area contributed by atoms with Crippen LogP contribution in [-0.4, -0.2) is 34.4 Å². The molecular weight excluding hydrogens is 302 g/mol. The van der Waals surface area contributed by atoms with Crippen LogP contribution >= 0.6 is 0 Å². The van der Waals surface area contributed by atoms with Crippen LogP contribution in [0.25, 0.3) is 0 Å². The lowest BCUT2D eigenvalue weighted by Gasteiger charge is -2.21. The molecule has 0 radical (unpaired) electrons. The molecule has 0 saturated carbocycles. The van der Waals surface area contributed by atoms with E-state index in [9.17, 15) is 9.90 Å².